The molecule has 3 N–H and O–H groups in total. The first-order valence-electron chi connectivity index (χ1n) is 3.49. The van der Waals surface area contributed by atoms with Crippen LogP contribution in [0, 0.1) is 6.07 Å². The number of anilines is 2. The fourth-order valence-electron chi connectivity index (χ4n) is 1.04. The van der Waals surface area contributed by atoms with Crippen molar-refractivity contribution in [1.29, 1.82) is 0 Å². The number of rotatable bonds is 0. The van der Waals surface area contributed by atoms with E-state index >= 15 is 0 Å². The maximum absolute atomic E-state index is 10.8. The molecule has 0 atom stereocenters. The molecule has 0 fully saturated rings. The first-order chi connectivity index (χ1) is 5.75. The van der Waals surface area contributed by atoms with Crippen LogP contribution < -0.4 is 15.8 Å². The topological polar surface area (TPSA) is 64.3 Å². The predicted molar refractivity (Wildman–Crippen MR) is 43.8 cm³/mol. The van der Waals surface area contributed by atoms with Gasteiger partial charge in [0.25, 0.3) is 5.91 Å². The zero-order chi connectivity index (χ0) is 8.55. The number of amides is 1. The Morgan fingerprint density at radius 2 is 2.38 bits per heavy atom. The van der Waals surface area contributed by atoms with Crippen LogP contribution >= 0.6 is 0 Å². The second-order valence-corrected chi connectivity index (χ2v) is 2.50. The first-order valence-corrected chi connectivity index (χ1v) is 3.49. The SMILES string of the molecule is Nc1[c-]cc2c(c1)NC(=O)CO2.[Y+3]. The summed E-state index contributed by atoms with van der Waals surface area (Å²) in [6, 6.07) is 6.01. The van der Waals surface area contributed by atoms with Gasteiger partial charge in [-0.15, -0.1) is 12.1 Å². The van der Waals surface area contributed by atoms with Gasteiger partial charge >= 0.3 is 32.7 Å². The maximum atomic E-state index is 10.8. The fraction of sp³-hybridized carbons (Fsp3) is 0.125. The minimum Gasteiger partial charge on any atom is -0.540 e. The number of benzene rings is 1. The van der Waals surface area contributed by atoms with Crippen molar-refractivity contribution in [2.24, 2.45) is 0 Å². The Hall–Kier alpha value is -0.606. The Morgan fingerprint density at radius 3 is 3.15 bits per heavy atom. The number of carbonyl (C=O) groups is 1. The molecule has 62 valence electrons. The third-order valence-electron chi connectivity index (χ3n) is 1.57. The second-order valence-electron chi connectivity index (χ2n) is 2.50. The standard InChI is InChI=1S/C8H7N2O2.Y/c9-5-1-2-7-6(3-5)10-8(11)4-12-7;/h2-3H,4,9H2,(H,10,11);/q-1;+3. The van der Waals surface area contributed by atoms with Crippen LogP contribution in [-0.4, -0.2) is 12.5 Å². The van der Waals surface area contributed by atoms with Crippen molar-refractivity contribution in [2.45, 2.75) is 0 Å². The van der Waals surface area contributed by atoms with Gasteiger partial charge in [-0.1, -0.05) is 5.69 Å². The average Bonchev–Trinajstić information content (AvgIpc) is 2.03. The summed E-state index contributed by atoms with van der Waals surface area (Å²) in [7, 11) is 0. The summed E-state index contributed by atoms with van der Waals surface area (Å²) >= 11 is 0. The van der Waals surface area contributed by atoms with Gasteiger partial charge in [-0.25, -0.2) is 0 Å². The van der Waals surface area contributed by atoms with Gasteiger partial charge in [-0.3, -0.25) is 4.79 Å². The molecule has 1 amide bonds. The van der Waals surface area contributed by atoms with Crippen LogP contribution in [0.15, 0.2) is 12.1 Å². The van der Waals surface area contributed by atoms with Crippen molar-refractivity contribution >= 4 is 17.3 Å². The summed E-state index contributed by atoms with van der Waals surface area (Å²) in [5.74, 6) is 0.455. The van der Waals surface area contributed by atoms with Crippen molar-refractivity contribution in [1.82, 2.24) is 0 Å². The monoisotopic (exact) mass is 252 g/mol. The predicted octanol–water partition coefficient (Wildman–Crippen LogP) is 0.397. The molecule has 5 heteroatoms. The number of hydrogen-bond donors (Lipinski definition) is 2. The maximum Gasteiger partial charge on any atom is 3.00 e. The molecule has 1 heterocycles. The third kappa shape index (κ3) is 2.20. The van der Waals surface area contributed by atoms with E-state index in [0.29, 0.717) is 17.1 Å². The molecule has 0 spiro atoms. The number of ether oxygens (including phenoxy) is 1. The normalized spacial score (nSPS) is 13.4. The summed E-state index contributed by atoms with van der Waals surface area (Å²) in [5.41, 5.74) is 6.56. The van der Waals surface area contributed by atoms with Crippen molar-refractivity contribution < 1.29 is 42.2 Å². The van der Waals surface area contributed by atoms with Crippen LogP contribution in [0.5, 0.6) is 5.75 Å². The van der Waals surface area contributed by atoms with E-state index in [1.165, 1.54) is 0 Å². The molecule has 1 aromatic carbocycles. The van der Waals surface area contributed by atoms with E-state index in [1.54, 1.807) is 12.1 Å². The molecule has 0 saturated carbocycles. The molecular weight excluding hydrogens is 245 g/mol. The Balaban J connectivity index is 0.000000845. The van der Waals surface area contributed by atoms with Crippen molar-refractivity contribution in [3.8, 4) is 5.75 Å². The summed E-state index contributed by atoms with van der Waals surface area (Å²) in [6.45, 7) is 0.0603. The number of fused-ring (bicyclic) bond motifs is 1. The molecule has 13 heavy (non-hydrogen) atoms. The van der Waals surface area contributed by atoms with Gasteiger partial charge in [0.05, 0.1) is 0 Å². The molecular formula is C8H7N2O2Y+2. The molecule has 1 aliphatic rings. The molecule has 0 radical (unpaired) electrons. The molecule has 0 saturated heterocycles. The van der Waals surface area contributed by atoms with E-state index < -0.39 is 0 Å². The van der Waals surface area contributed by atoms with Gasteiger partial charge in [-0.05, 0) is 5.69 Å². The minimum atomic E-state index is -0.159. The molecule has 2 rings (SSSR count). The Morgan fingerprint density at radius 1 is 1.62 bits per heavy atom. The molecule has 1 aliphatic heterocycles. The minimum absolute atomic E-state index is 0. The van der Waals surface area contributed by atoms with Crippen LogP contribution in [0.3, 0.4) is 0 Å². The Kier molecular flexibility index (Phi) is 3.28. The van der Waals surface area contributed by atoms with Crippen LogP contribution in [0.25, 0.3) is 0 Å². The fourth-order valence-corrected chi connectivity index (χ4v) is 1.04. The third-order valence-corrected chi connectivity index (χ3v) is 1.57. The molecule has 0 aliphatic carbocycles. The number of nitrogens with two attached hydrogens (primary N) is 1. The molecule has 4 nitrogen and oxygen atoms in total. The van der Waals surface area contributed by atoms with Gasteiger partial charge in [0.1, 0.15) is 0 Å². The summed E-state index contributed by atoms with van der Waals surface area (Å²) in [4.78, 5) is 10.8. The van der Waals surface area contributed by atoms with E-state index in [4.69, 9.17) is 10.5 Å². The number of nitrogen functional groups attached to an aromatic ring is 1. The van der Waals surface area contributed by atoms with Crippen LogP contribution in [0.4, 0.5) is 11.4 Å². The molecule has 0 unspecified atom stereocenters. The van der Waals surface area contributed by atoms with Gasteiger partial charge in [0.2, 0.25) is 0 Å². The van der Waals surface area contributed by atoms with Gasteiger partial charge in [0.15, 0.2) is 6.61 Å². The van der Waals surface area contributed by atoms with Crippen LogP contribution in [-0.2, 0) is 37.5 Å². The van der Waals surface area contributed by atoms with E-state index in [1.807, 2.05) is 0 Å². The second kappa shape index (κ2) is 4.07. The van der Waals surface area contributed by atoms with Gasteiger partial charge in [0, 0.05) is 5.75 Å². The van der Waals surface area contributed by atoms with Crippen LogP contribution in [0.1, 0.15) is 0 Å². The number of carbonyl (C=O) groups excluding carboxylic acids is 1. The summed E-state index contributed by atoms with van der Waals surface area (Å²) in [6.07, 6.45) is 0. The van der Waals surface area contributed by atoms with Crippen molar-refractivity contribution in [3.05, 3.63) is 18.2 Å². The van der Waals surface area contributed by atoms with E-state index in [0.717, 1.165) is 0 Å². The molecule has 0 aromatic heterocycles. The molecule has 1 aromatic rings. The zero-order valence-corrected chi connectivity index (χ0v) is 9.67. The largest absolute Gasteiger partial charge is 3.00 e. The molecule has 0 bridgehead atoms. The zero-order valence-electron chi connectivity index (χ0n) is 6.83. The van der Waals surface area contributed by atoms with Crippen molar-refractivity contribution in [2.75, 3.05) is 17.7 Å². The average molecular weight is 252 g/mol. The van der Waals surface area contributed by atoms with Crippen molar-refractivity contribution in [3.63, 3.8) is 0 Å². The van der Waals surface area contributed by atoms with Gasteiger partial charge in [-0.2, -0.15) is 6.07 Å². The van der Waals surface area contributed by atoms with E-state index in [-0.39, 0.29) is 45.2 Å². The number of hydrogen-bond acceptors (Lipinski definition) is 3. The smallest absolute Gasteiger partial charge is 0.540 e. The Bertz CT molecular complexity index is 341. The summed E-state index contributed by atoms with van der Waals surface area (Å²) in [5, 5.41) is 2.64. The first kappa shape index (κ1) is 10.5. The van der Waals surface area contributed by atoms with E-state index in [2.05, 4.69) is 11.4 Å². The van der Waals surface area contributed by atoms with Gasteiger partial charge < -0.3 is 15.8 Å². The Labute approximate surface area is 101 Å². The van der Waals surface area contributed by atoms with Crippen LogP contribution in [0.2, 0.25) is 0 Å². The summed E-state index contributed by atoms with van der Waals surface area (Å²) < 4.78 is 5.09. The van der Waals surface area contributed by atoms with E-state index in [9.17, 15) is 4.79 Å². The quantitative estimate of drug-likeness (QED) is 0.518. The number of nitrogens with one attached hydrogen (secondary N) is 1.